The highest BCUT2D eigenvalue weighted by Crippen LogP contribution is 2.67. The highest BCUT2D eigenvalue weighted by molar-refractivity contribution is 5.12. The molecule has 1 saturated heterocycles. The van der Waals surface area contributed by atoms with E-state index in [1.807, 2.05) is 0 Å². The molecule has 2 N–H and O–H groups in total. The van der Waals surface area contributed by atoms with Crippen LogP contribution >= 0.6 is 0 Å². The van der Waals surface area contributed by atoms with Crippen molar-refractivity contribution in [1.29, 1.82) is 0 Å². The topological polar surface area (TPSA) is 24.1 Å². The van der Waals surface area contributed by atoms with E-state index in [4.69, 9.17) is 0 Å². The van der Waals surface area contributed by atoms with E-state index < -0.39 is 0 Å². The van der Waals surface area contributed by atoms with Gasteiger partial charge in [0.05, 0.1) is 0 Å². The maximum atomic E-state index is 3.66. The Morgan fingerprint density at radius 3 is 2.27 bits per heavy atom. The third kappa shape index (κ3) is 1.94. The maximum Gasteiger partial charge on any atom is -0.000778 e. The number of hydrogen-bond donors (Lipinski definition) is 2. The summed E-state index contributed by atoms with van der Waals surface area (Å²) in [6, 6.07) is 0. The Balaban J connectivity index is 1.67. The summed E-state index contributed by atoms with van der Waals surface area (Å²) >= 11 is 0. The second-order valence-corrected chi connectivity index (χ2v) is 6.51. The van der Waals surface area contributed by atoms with Crippen molar-refractivity contribution in [3.05, 3.63) is 0 Å². The van der Waals surface area contributed by atoms with Crippen LogP contribution < -0.4 is 10.6 Å². The van der Waals surface area contributed by atoms with E-state index in [1.54, 1.807) is 0 Å². The van der Waals surface area contributed by atoms with Gasteiger partial charge in [-0.1, -0.05) is 27.7 Å². The summed E-state index contributed by atoms with van der Waals surface area (Å²) in [7, 11) is 0. The molecule has 1 atom stereocenters. The fourth-order valence-electron chi connectivity index (χ4n) is 3.16. The predicted molar refractivity (Wildman–Crippen MR) is 64.9 cm³/mol. The second-order valence-electron chi connectivity index (χ2n) is 6.51. The molecule has 15 heavy (non-hydrogen) atoms. The van der Waals surface area contributed by atoms with Gasteiger partial charge in [0.1, 0.15) is 0 Å². The summed E-state index contributed by atoms with van der Waals surface area (Å²) < 4.78 is 0. The molecule has 0 aromatic carbocycles. The van der Waals surface area contributed by atoms with Crippen molar-refractivity contribution >= 4 is 0 Å². The zero-order chi connectivity index (χ0) is 11.1. The molecular formula is C13H26N2. The normalized spacial score (nSPS) is 33.2. The van der Waals surface area contributed by atoms with Crippen LogP contribution in [0, 0.1) is 22.7 Å². The van der Waals surface area contributed by atoms with Gasteiger partial charge in [-0.15, -0.1) is 0 Å². The molecular weight excluding hydrogens is 184 g/mol. The van der Waals surface area contributed by atoms with Gasteiger partial charge in [0, 0.05) is 0 Å². The molecule has 2 heteroatoms. The van der Waals surface area contributed by atoms with Gasteiger partial charge < -0.3 is 10.6 Å². The lowest BCUT2D eigenvalue weighted by atomic mass is 10.0. The lowest BCUT2D eigenvalue weighted by Gasteiger charge is -2.10. The minimum Gasteiger partial charge on any atom is -0.316 e. The van der Waals surface area contributed by atoms with Crippen molar-refractivity contribution in [3.63, 3.8) is 0 Å². The Morgan fingerprint density at radius 1 is 1.13 bits per heavy atom. The molecule has 0 amide bonds. The Labute approximate surface area is 94.2 Å². The van der Waals surface area contributed by atoms with Gasteiger partial charge in [-0.3, -0.25) is 0 Å². The molecule has 0 radical (unpaired) electrons. The first-order valence-corrected chi connectivity index (χ1v) is 6.37. The Bertz CT molecular complexity index is 213. The van der Waals surface area contributed by atoms with Crippen molar-refractivity contribution in [3.8, 4) is 0 Å². The Hall–Kier alpha value is -0.0800. The molecule has 0 bridgehead atoms. The van der Waals surface area contributed by atoms with Crippen LogP contribution in [0.15, 0.2) is 0 Å². The monoisotopic (exact) mass is 210 g/mol. The van der Waals surface area contributed by atoms with Gasteiger partial charge in [-0.25, -0.2) is 0 Å². The van der Waals surface area contributed by atoms with E-state index in [0.717, 1.165) is 11.8 Å². The number of nitrogens with one attached hydrogen (secondary N) is 2. The lowest BCUT2D eigenvalue weighted by molar-refractivity contribution is 0.457. The molecule has 88 valence electrons. The predicted octanol–water partition coefficient (Wildman–Crippen LogP) is 1.87. The highest BCUT2D eigenvalue weighted by atomic mass is 15.0. The first-order chi connectivity index (χ1) is 6.96. The zero-order valence-electron chi connectivity index (χ0n) is 10.7. The second kappa shape index (κ2) is 3.74. The van der Waals surface area contributed by atoms with Crippen LogP contribution in [0.3, 0.4) is 0 Å². The van der Waals surface area contributed by atoms with Gasteiger partial charge in [0.2, 0.25) is 0 Å². The maximum absolute atomic E-state index is 3.66. The van der Waals surface area contributed by atoms with E-state index in [1.165, 1.54) is 32.6 Å². The van der Waals surface area contributed by atoms with Gasteiger partial charge >= 0.3 is 0 Å². The fourth-order valence-corrected chi connectivity index (χ4v) is 3.16. The molecule has 2 rings (SSSR count). The van der Waals surface area contributed by atoms with Gasteiger partial charge in [-0.2, -0.15) is 0 Å². The molecule has 0 aromatic heterocycles. The molecule has 0 spiro atoms. The summed E-state index contributed by atoms with van der Waals surface area (Å²) in [5.74, 6) is 1.73. The molecule has 1 unspecified atom stereocenters. The minimum absolute atomic E-state index is 0.536. The van der Waals surface area contributed by atoms with E-state index in [0.29, 0.717) is 10.8 Å². The van der Waals surface area contributed by atoms with E-state index >= 15 is 0 Å². The molecule has 1 heterocycles. The summed E-state index contributed by atoms with van der Waals surface area (Å²) in [5.41, 5.74) is 1.07. The molecule has 2 fully saturated rings. The highest BCUT2D eigenvalue weighted by Gasteiger charge is 2.63. The molecule has 2 aliphatic rings. The molecule has 0 aromatic rings. The van der Waals surface area contributed by atoms with Gasteiger partial charge in [-0.05, 0) is 55.3 Å². The van der Waals surface area contributed by atoms with Crippen molar-refractivity contribution in [2.24, 2.45) is 22.7 Å². The standard InChI is InChI=1S/C13H26N2/c1-12(2)11(13(12,3)4)9-15-8-10-5-6-14-7-10/h10-11,14-15H,5-9H2,1-4H3. The van der Waals surface area contributed by atoms with Crippen molar-refractivity contribution in [2.45, 2.75) is 34.1 Å². The first-order valence-electron chi connectivity index (χ1n) is 6.37. The largest absolute Gasteiger partial charge is 0.316 e. The summed E-state index contributed by atoms with van der Waals surface area (Å²) in [6.07, 6.45) is 1.35. The lowest BCUT2D eigenvalue weighted by Crippen LogP contribution is -2.27. The average Bonchev–Trinajstić information content (AvgIpc) is 2.62. The molecule has 1 saturated carbocycles. The smallest absolute Gasteiger partial charge is 0.000778 e. The summed E-state index contributed by atoms with van der Waals surface area (Å²) in [4.78, 5) is 0. The van der Waals surface area contributed by atoms with Crippen LogP contribution in [0.5, 0.6) is 0 Å². The van der Waals surface area contributed by atoms with E-state index in [9.17, 15) is 0 Å². The van der Waals surface area contributed by atoms with E-state index in [-0.39, 0.29) is 0 Å². The SMILES string of the molecule is CC1(C)C(CNCC2CCNC2)C1(C)C. The van der Waals surface area contributed by atoms with Crippen LogP contribution in [0.4, 0.5) is 0 Å². The average molecular weight is 210 g/mol. The van der Waals surface area contributed by atoms with Crippen LogP contribution in [0.25, 0.3) is 0 Å². The van der Waals surface area contributed by atoms with Crippen LogP contribution in [-0.4, -0.2) is 26.2 Å². The van der Waals surface area contributed by atoms with Crippen molar-refractivity contribution in [2.75, 3.05) is 26.2 Å². The molecule has 1 aliphatic carbocycles. The number of rotatable bonds is 4. The Kier molecular flexibility index (Phi) is 2.85. The zero-order valence-corrected chi connectivity index (χ0v) is 10.7. The van der Waals surface area contributed by atoms with Crippen LogP contribution in [0.2, 0.25) is 0 Å². The van der Waals surface area contributed by atoms with Gasteiger partial charge in [0.25, 0.3) is 0 Å². The third-order valence-electron chi connectivity index (χ3n) is 5.26. The van der Waals surface area contributed by atoms with Crippen LogP contribution in [0.1, 0.15) is 34.1 Å². The van der Waals surface area contributed by atoms with Crippen molar-refractivity contribution in [1.82, 2.24) is 10.6 Å². The summed E-state index contributed by atoms with van der Waals surface area (Å²) in [5, 5.41) is 7.08. The van der Waals surface area contributed by atoms with E-state index in [2.05, 4.69) is 38.3 Å². The van der Waals surface area contributed by atoms with Crippen molar-refractivity contribution < 1.29 is 0 Å². The third-order valence-corrected chi connectivity index (χ3v) is 5.26. The summed E-state index contributed by atoms with van der Waals surface area (Å²) in [6.45, 7) is 14.4. The first kappa shape index (κ1) is 11.4. The molecule has 2 nitrogen and oxygen atoms in total. The minimum atomic E-state index is 0.536. The quantitative estimate of drug-likeness (QED) is 0.740. The molecule has 1 aliphatic heterocycles. The van der Waals surface area contributed by atoms with Crippen LogP contribution in [-0.2, 0) is 0 Å². The number of hydrogen-bond acceptors (Lipinski definition) is 2. The Morgan fingerprint density at radius 2 is 1.80 bits per heavy atom. The van der Waals surface area contributed by atoms with Gasteiger partial charge in [0.15, 0.2) is 0 Å². The fraction of sp³-hybridized carbons (Fsp3) is 1.00.